The molecule has 8 heteroatoms. The third-order valence-corrected chi connectivity index (χ3v) is 3.51. The van der Waals surface area contributed by atoms with Gasteiger partial charge in [-0.15, -0.1) is 0 Å². The average Bonchev–Trinajstić information content (AvgIpc) is 2.81. The van der Waals surface area contributed by atoms with Crippen molar-refractivity contribution < 1.29 is 4.79 Å². The maximum absolute atomic E-state index is 12.2. The summed E-state index contributed by atoms with van der Waals surface area (Å²) >= 11 is 0. The normalized spacial score (nSPS) is 12.8. The lowest BCUT2D eigenvalue weighted by molar-refractivity contribution is -0.121. The number of hydrogen-bond donors (Lipinski definition) is 1. The third-order valence-electron chi connectivity index (χ3n) is 3.51. The van der Waals surface area contributed by atoms with E-state index in [1.165, 1.54) is 21.8 Å². The van der Waals surface area contributed by atoms with Gasteiger partial charge in [-0.25, -0.2) is 4.98 Å². The molecule has 1 amide bonds. The van der Waals surface area contributed by atoms with Crippen molar-refractivity contribution in [1.29, 1.82) is 0 Å². The molecule has 0 aliphatic rings. The van der Waals surface area contributed by atoms with Crippen LogP contribution in [0.5, 0.6) is 0 Å². The molecule has 0 radical (unpaired) electrons. The Morgan fingerprint density at radius 1 is 1.48 bits per heavy atom. The van der Waals surface area contributed by atoms with Crippen molar-refractivity contribution in [2.75, 3.05) is 20.6 Å². The Bertz CT molecular complexity index is 702. The van der Waals surface area contributed by atoms with Gasteiger partial charge in [0.05, 0.1) is 6.20 Å². The van der Waals surface area contributed by atoms with Crippen LogP contribution in [0.3, 0.4) is 0 Å². The van der Waals surface area contributed by atoms with Crippen LogP contribution in [0, 0.1) is 0 Å². The van der Waals surface area contributed by atoms with Crippen LogP contribution < -0.4 is 10.9 Å². The zero-order chi connectivity index (χ0) is 15.6. The largest absolute Gasteiger partial charge is 0.353 e. The third kappa shape index (κ3) is 3.27. The first-order chi connectivity index (χ1) is 9.90. The molecule has 0 spiro atoms. The summed E-state index contributed by atoms with van der Waals surface area (Å²) in [4.78, 5) is 30.3. The van der Waals surface area contributed by atoms with Gasteiger partial charge in [0.1, 0.15) is 18.3 Å². The number of nitrogens with one attached hydrogen (secondary N) is 1. The molecule has 0 saturated carbocycles. The standard InChI is InChI=1S/C13H20N6O2/c1-9(17(2)3)5-14-11(20)7-19-8-15-12-10(13(19)21)6-16-18(12)4/h6,8-9H,5,7H2,1-4H3,(H,14,20)/t9-/m0/s1. The fourth-order valence-corrected chi connectivity index (χ4v) is 1.83. The molecule has 2 aromatic rings. The molecule has 1 atom stereocenters. The smallest absolute Gasteiger partial charge is 0.264 e. The minimum atomic E-state index is -0.260. The van der Waals surface area contributed by atoms with E-state index in [1.807, 2.05) is 25.9 Å². The minimum absolute atomic E-state index is 0.0448. The summed E-state index contributed by atoms with van der Waals surface area (Å²) in [6.07, 6.45) is 2.84. The van der Waals surface area contributed by atoms with Gasteiger partial charge in [0, 0.05) is 19.6 Å². The molecule has 2 aromatic heterocycles. The van der Waals surface area contributed by atoms with Gasteiger partial charge >= 0.3 is 0 Å². The summed E-state index contributed by atoms with van der Waals surface area (Å²) in [5.41, 5.74) is 0.252. The summed E-state index contributed by atoms with van der Waals surface area (Å²) in [5.74, 6) is -0.212. The van der Waals surface area contributed by atoms with Gasteiger partial charge in [-0.05, 0) is 21.0 Å². The van der Waals surface area contributed by atoms with E-state index in [0.29, 0.717) is 17.6 Å². The predicted octanol–water partition coefficient (Wildman–Crippen LogP) is -0.804. The van der Waals surface area contributed by atoms with E-state index < -0.39 is 0 Å². The maximum atomic E-state index is 12.2. The number of aromatic nitrogens is 4. The predicted molar refractivity (Wildman–Crippen MR) is 78.9 cm³/mol. The molecule has 8 nitrogen and oxygen atoms in total. The molecule has 0 fully saturated rings. The van der Waals surface area contributed by atoms with Gasteiger partial charge < -0.3 is 10.2 Å². The second-order valence-electron chi connectivity index (χ2n) is 5.30. The van der Waals surface area contributed by atoms with Crippen LogP contribution in [0.2, 0.25) is 0 Å². The van der Waals surface area contributed by atoms with E-state index in [2.05, 4.69) is 15.4 Å². The lowest BCUT2D eigenvalue weighted by Crippen LogP contribution is -2.40. The van der Waals surface area contributed by atoms with Gasteiger partial charge in [-0.3, -0.25) is 18.8 Å². The second-order valence-corrected chi connectivity index (χ2v) is 5.30. The number of carbonyl (C=O) groups excluding carboxylic acids is 1. The van der Waals surface area contributed by atoms with Crippen molar-refractivity contribution in [3.63, 3.8) is 0 Å². The molecule has 0 aliphatic carbocycles. The molecule has 0 aliphatic heterocycles. The Labute approximate surface area is 122 Å². The molecule has 21 heavy (non-hydrogen) atoms. The van der Waals surface area contributed by atoms with Crippen LogP contribution in [-0.2, 0) is 18.4 Å². The first kappa shape index (κ1) is 15.2. The Kier molecular flexibility index (Phi) is 4.37. The van der Waals surface area contributed by atoms with Gasteiger partial charge in [0.25, 0.3) is 5.56 Å². The highest BCUT2D eigenvalue weighted by atomic mass is 16.2. The van der Waals surface area contributed by atoms with Crippen molar-refractivity contribution in [2.24, 2.45) is 7.05 Å². The van der Waals surface area contributed by atoms with Crippen LogP contribution >= 0.6 is 0 Å². The van der Waals surface area contributed by atoms with Gasteiger partial charge in [-0.2, -0.15) is 5.10 Å². The Morgan fingerprint density at radius 3 is 2.86 bits per heavy atom. The summed E-state index contributed by atoms with van der Waals surface area (Å²) in [7, 11) is 5.61. The van der Waals surface area contributed by atoms with E-state index in [-0.39, 0.29) is 24.1 Å². The molecule has 0 aromatic carbocycles. The zero-order valence-corrected chi connectivity index (χ0v) is 12.7. The summed E-state index contributed by atoms with van der Waals surface area (Å²) < 4.78 is 2.82. The van der Waals surface area contributed by atoms with Crippen molar-refractivity contribution in [2.45, 2.75) is 19.5 Å². The minimum Gasteiger partial charge on any atom is -0.353 e. The number of hydrogen-bond acceptors (Lipinski definition) is 5. The highest BCUT2D eigenvalue weighted by molar-refractivity contribution is 5.77. The van der Waals surface area contributed by atoms with Gasteiger partial charge in [-0.1, -0.05) is 0 Å². The number of rotatable bonds is 5. The maximum Gasteiger partial charge on any atom is 0.264 e. The Balaban J connectivity index is 2.08. The van der Waals surface area contributed by atoms with Crippen LogP contribution in [0.25, 0.3) is 11.0 Å². The van der Waals surface area contributed by atoms with E-state index in [4.69, 9.17) is 0 Å². The van der Waals surface area contributed by atoms with Gasteiger partial charge in [0.15, 0.2) is 5.65 Å². The van der Waals surface area contributed by atoms with Crippen molar-refractivity contribution >= 4 is 16.9 Å². The highest BCUT2D eigenvalue weighted by Gasteiger charge is 2.11. The first-order valence-corrected chi connectivity index (χ1v) is 6.70. The molecule has 114 valence electrons. The molecule has 0 saturated heterocycles. The van der Waals surface area contributed by atoms with Crippen LogP contribution in [0.15, 0.2) is 17.3 Å². The van der Waals surface area contributed by atoms with Gasteiger partial charge in [0.2, 0.25) is 5.91 Å². The Morgan fingerprint density at radius 2 is 2.19 bits per heavy atom. The lowest BCUT2D eigenvalue weighted by atomic mass is 10.3. The number of amides is 1. The quantitative estimate of drug-likeness (QED) is 0.779. The summed E-state index contributed by atoms with van der Waals surface area (Å²) in [5, 5.41) is 7.21. The SMILES string of the molecule is C[C@@H](CNC(=O)Cn1cnc2c(cnn2C)c1=O)N(C)C. The number of likely N-dealkylation sites (N-methyl/N-ethyl adjacent to an activating group) is 1. The number of carbonyl (C=O) groups is 1. The molecule has 1 N–H and O–H groups in total. The molecule has 0 unspecified atom stereocenters. The summed E-state index contributed by atoms with van der Waals surface area (Å²) in [6, 6.07) is 0.226. The van der Waals surface area contributed by atoms with Crippen molar-refractivity contribution in [1.82, 2.24) is 29.5 Å². The average molecular weight is 292 g/mol. The fraction of sp³-hybridized carbons (Fsp3) is 0.538. The van der Waals surface area contributed by atoms with E-state index in [9.17, 15) is 9.59 Å². The van der Waals surface area contributed by atoms with Crippen LogP contribution in [0.1, 0.15) is 6.92 Å². The van der Waals surface area contributed by atoms with E-state index in [1.54, 1.807) is 7.05 Å². The van der Waals surface area contributed by atoms with Crippen LogP contribution in [-0.4, -0.2) is 56.8 Å². The number of nitrogens with zero attached hydrogens (tertiary/aromatic N) is 5. The molecule has 2 rings (SSSR count). The number of aryl methyl sites for hydroxylation is 1. The zero-order valence-electron chi connectivity index (χ0n) is 12.7. The summed E-state index contributed by atoms with van der Waals surface area (Å²) in [6.45, 7) is 2.50. The van der Waals surface area contributed by atoms with Crippen molar-refractivity contribution in [3.05, 3.63) is 22.9 Å². The van der Waals surface area contributed by atoms with Crippen molar-refractivity contribution in [3.8, 4) is 0 Å². The van der Waals surface area contributed by atoms with E-state index in [0.717, 1.165) is 0 Å². The fourth-order valence-electron chi connectivity index (χ4n) is 1.83. The molecular formula is C13H20N6O2. The highest BCUT2D eigenvalue weighted by Crippen LogP contribution is 2.02. The monoisotopic (exact) mass is 292 g/mol. The first-order valence-electron chi connectivity index (χ1n) is 6.70. The Hall–Kier alpha value is -2.22. The van der Waals surface area contributed by atoms with Crippen LogP contribution in [0.4, 0.5) is 0 Å². The molecular weight excluding hydrogens is 272 g/mol. The van der Waals surface area contributed by atoms with E-state index >= 15 is 0 Å². The second kappa shape index (κ2) is 6.04. The molecule has 2 heterocycles. The lowest BCUT2D eigenvalue weighted by Gasteiger charge is -2.20. The topological polar surface area (TPSA) is 85.0 Å². The number of fused-ring (bicyclic) bond motifs is 1. The molecule has 0 bridgehead atoms.